The number of halogens is 1. The summed E-state index contributed by atoms with van der Waals surface area (Å²) in [5, 5.41) is 2.91. The van der Waals surface area contributed by atoms with Crippen LogP contribution in [0.2, 0.25) is 5.02 Å². The van der Waals surface area contributed by atoms with Crippen molar-refractivity contribution in [2.75, 3.05) is 11.1 Å². The Labute approximate surface area is 141 Å². The maximum Gasteiger partial charge on any atom is 0.225 e. The van der Waals surface area contributed by atoms with E-state index in [0.717, 1.165) is 11.1 Å². The normalized spacial score (nSPS) is 11.3. The van der Waals surface area contributed by atoms with E-state index in [1.165, 1.54) is 12.1 Å². The first-order valence-corrected chi connectivity index (χ1v) is 9.17. The van der Waals surface area contributed by atoms with Gasteiger partial charge in [0.05, 0.1) is 15.7 Å². The van der Waals surface area contributed by atoms with Gasteiger partial charge in [0, 0.05) is 12.1 Å². The van der Waals surface area contributed by atoms with E-state index in [4.69, 9.17) is 11.6 Å². The van der Waals surface area contributed by atoms with Crippen molar-refractivity contribution in [2.45, 2.75) is 25.2 Å². The largest absolute Gasteiger partial charge is 0.326 e. The highest BCUT2D eigenvalue weighted by Crippen LogP contribution is 2.22. The second-order valence-corrected chi connectivity index (χ2v) is 7.85. The molecule has 0 fully saturated rings. The lowest BCUT2D eigenvalue weighted by Gasteiger charge is -2.10. The predicted octanol–water partition coefficient (Wildman–Crippen LogP) is 3.76. The van der Waals surface area contributed by atoms with Crippen molar-refractivity contribution in [1.82, 2.24) is 0 Å². The predicted molar refractivity (Wildman–Crippen MR) is 92.7 cm³/mol. The lowest BCUT2D eigenvalue weighted by atomic mass is 10.1. The number of nitrogens with one attached hydrogen (secondary N) is 1. The third-order valence-electron chi connectivity index (χ3n) is 3.43. The number of carbonyl (C=O) groups is 1. The van der Waals surface area contributed by atoms with Crippen LogP contribution >= 0.6 is 11.6 Å². The van der Waals surface area contributed by atoms with Crippen LogP contribution in [-0.4, -0.2) is 20.1 Å². The number of rotatable bonds is 5. The summed E-state index contributed by atoms with van der Waals surface area (Å²) in [5.74, 6) is -0.624. The Hall–Kier alpha value is -1.85. The quantitative estimate of drug-likeness (QED) is 0.892. The van der Waals surface area contributed by atoms with Gasteiger partial charge in [-0.2, -0.15) is 0 Å². The molecule has 0 saturated heterocycles. The van der Waals surface area contributed by atoms with E-state index in [1.54, 1.807) is 12.1 Å². The molecule has 0 radical (unpaired) electrons. The SMILES string of the molecule is Cc1ccc(NC(=O)CCS(=O)(=O)c2ccccc2Cl)c(C)c1. The van der Waals surface area contributed by atoms with E-state index in [0.29, 0.717) is 5.69 Å². The van der Waals surface area contributed by atoms with Crippen LogP contribution in [0.25, 0.3) is 0 Å². The van der Waals surface area contributed by atoms with Crippen LogP contribution < -0.4 is 5.32 Å². The van der Waals surface area contributed by atoms with Crippen molar-refractivity contribution < 1.29 is 13.2 Å². The molecule has 1 amide bonds. The average Bonchev–Trinajstić information content (AvgIpc) is 2.48. The summed E-state index contributed by atoms with van der Waals surface area (Å²) >= 11 is 5.91. The summed E-state index contributed by atoms with van der Waals surface area (Å²) in [6.07, 6.45) is -0.124. The fourth-order valence-electron chi connectivity index (χ4n) is 2.20. The van der Waals surface area contributed by atoms with Gasteiger partial charge in [0.2, 0.25) is 5.91 Å². The highest BCUT2D eigenvalue weighted by Gasteiger charge is 2.19. The molecule has 0 spiro atoms. The zero-order valence-corrected chi connectivity index (χ0v) is 14.5. The Morgan fingerprint density at radius 3 is 2.48 bits per heavy atom. The van der Waals surface area contributed by atoms with Crippen molar-refractivity contribution in [1.29, 1.82) is 0 Å². The fourth-order valence-corrected chi connectivity index (χ4v) is 4.01. The maximum absolute atomic E-state index is 12.3. The van der Waals surface area contributed by atoms with Crippen molar-refractivity contribution in [3.05, 3.63) is 58.6 Å². The summed E-state index contributed by atoms with van der Waals surface area (Å²) in [7, 11) is -3.59. The lowest BCUT2D eigenvalue weighted by Crippen LogP contribution is -2.18. The summed E-state index contributed by atoms with van der Waals surface area (Å²) in [4.78, 5) is 12.1. The van der Waals surface area contributed by atoms with Gasteiger partial charge in [-0.1, -0.05) is 41.4 Å². The molecule has 0 aromatic heterocycles. The molecular formula is C17H18ClNO3S. The van der Waals surface area contributed by atoms with Crippen molar-refractivity contribution in [3.8, 4) is 0 Å². The van der Waals surface area contributed by atoms with Crippen molar-refractivity contribution >= 4 is 33.0 Å². The Bertz CT molecular complexity index is 831. The number of benzene rings is 2. The van der Waals surface area contributed by atoms with E-state index < -0.39 is 9.84 Å². The van der Waals surface area contributed by atoms with Gasteiger partial charge >= 0.3 is 0 Å². The van der Waals surface area contributed by atoms with Crippen LogP contribution in [0.15, 0.2) is 47.4 Å². The second kappa shape index (κ2) is 7.15. The number of hydrogen-bond acceptors (Lipinski definition) is 3. The third kappa shape index (κ3) is 4.56. The van der Waals surface area contributed by atoms with E-state index in [9.17, 15) is 13.2 Å². The van der Waals surface area contributed by atoms with Gasteiger partial charge in [0.25, 0.3) is 0 Å². The van der Waals surface area contributed by atoms with Crippen LogP contribution in [0.4, 0.5) is 5.69 Å². The molecule has 0 aliphatic carbocycles. The summed E-state index contributed by atoms with van der Waals surface area (Å²) in [5.41, 5.74) is 2.73. The summed E-state index contributed by atoms with van der Waals surface area (Å²) in [6, 6.07) is 11.9. The second-order valence-electron chi connectivity index (χ2n) is 5.37. The van der Waals surface area contributed by atoms with Crippen LogP contribution in [0.3, 0.4) is 0 Å². The zero-order valence-electron chi connectivity index (χ0n) is 13.0. The molecule has 2 aromatic carbocycles. The van der Waals surface area contributed by atoms with Gasteiger partial charge in [-0.05, 0) is 37.6 Å². The Kier molecular flexibility index (Phi) is 5.44. The monoisotopic (exact) mass is 351 g/mol. The number of hydrogen-bond donors (Lipinski definition) is 1. The van der Waals surface area contributed by atoms with Gasteiger partial charge in [-0.3, -0.25) is 4.79 Å². The van der Waals surface area contributed by atoms with Crippen LogP contribution in [0, 0.1) is 13.8 Å². The molecule has 6 heteroatoms. The van der Waals surface area contributed by atoms with E-state index >= 15 is 0 Å². The van der Waals surface area contributed by atoms with E-state index in [2.05, 4.69) is 5.32 Å². The van der Waals surface area contributed by atoms with Crippen LogP contribution in [-0.2, 0) is 14.6 Å². The zero-order chi connectivity index (χ0) is 17.0. The minimum atomic E-state index is -3.59. The third-order valence-corrected chi connectivity index (χ3v) is 5.63. The Morgan fingerprint density at radius 1 is 1.13 bits per heavy atom. The van der Waals surface area contributed by atoms with Gasteiger partial charge in [0.1, 0.15) is 0 Å². The Balaban J connectivity index is 2.03. The highest BCUT2D eigenvalue weighted by molar-refractivity contribution is 7.91. The van der Waals surface area contributed by atoms with Gasteiger partial charge in [0.15, 0.2) is 9.84 Å². The fraction of sp³-hybridized carbons (Fsp3) is 0.235. The van der Waals surface area contributed by atoms with Gasteiger partial charge in [-0.15, -0.1) is 0 Å². The molecule has 0 heterocycles. The highest BCUT2D eigenvalue weighted by atomic mass is 35.5. The number of anilines is 1. The molecule has 2 rings (SSSR count). The van der Waals surface area contributed by atoms with Gasteiger partial charge in [-0.25, -0.2) is 8.42 Å². The number of amides is 1. The first-order valence-electron chi connectivity index (χ1n) is 7.14. The lowest BCUT2D eigenvalue weighted by molar-refractivity contribution is -0.115. The summed E-state index contributed by atoms with van der Waals surface area (Å²) in [6.45, 7) is 3.86. The molecule has 0 aliphatic heterocycles. The van der Waals surface area contributed by atoms with Crippen LogP contribution in [0.1, 0.15) is 17.5 Å². The molecule has 0 saturated carbocycles. The molecular weight excluding hydrogens is 334 g/mol. The Morgan fingerprint density at radius 2 is 1.83 bits per heavy atom. The first kappa shape index (κ1) is 17.5. The number of carbonyl (C=O) groups excluding carboxylic acids is 1. The van der Waals surface area contributed by atoms with Crippen molar-refractivity contribution in [2.24, 2.45) is 0 Å². The topological polar surface area (TPSA) is 63.2 Å². The molecule has 2 aromatic rings. The molecule has 0 atom stereocenters. The maximum atomic E-state index is 12.3. The van der Waals surface area contributed by atoms with Crippen molar-refractivity contribution in [3.63, 3.8) is 0 Å². The molecule has 23 heavy (non-hydrogen) atoms. The minimum absolute atomic E-state index is 0.0565. The van der Waals surface area contributed by atoms with Gasteiger partial charge < -0.3 is 5.32 Å². The van der Waals surface area contributed by atoms with E-state index in [1.807, 2.05) is 32.0 Å². The van der Waals surface area contributed by atoms with E-state index in [-0.39, 0.29) is 28.0 Å². The van der Waals surface area contributed by atoms with Crippen LogP contribution in [0.5, 0.6) is 0 Å². The molecule has 0 aliphatic rings. The standard InChI is InChI=1S/C17H18ClNO3S/c1-12-7-8-15(13(2)11-12)19-17(20)9-10-23(21,22)16-6-4-3-5-14(16)18/h3-8,11H,9-10H2,1-2H3,(H,19,20). The molecule has 122 valence electrons. The average molecular weight is 352 g/mol. The molecule has 1 N–H and O–H groups in total. The molecule has 0 bridgehead atoms. The first-order chi connectivity index (χ1) is 10.8. The number of sulfone groups is 1. The minimum Gasteiger partial charge on any atom is -0.326 e. The molecule has 0 unspecified atom stereocenters. The molecule has 4 nitrogen and oxygen atoms in total. The summed E-state index contributed by atoms with van der Waals surface area (Å²) < 4.78 is 24.5. The smallest absolute Gasteiger partial charge is 0.225 e. The number of aryl methyl sites for hydroxylation is 2.